The van der Waals surface area contributed by atoms with Crippen LogP contribution in [-0.2, 0) is 17.0 Å². The number of hydrogen-bond acceptors (Lipinski definition) is 3. The molecule has 1 aromatic rings. The van der Waals surface area contributed by atoms with Crippen LogP contribution in [0.3, 0.4) is 0 Å². The molecular weight excluding hydrogens is 412 g/mol. The molecule has 0 amide bonds. The van der Waals surface area contributed by atoms with Crippen molar-refractivity contribution in [2.75, 3.05) is 7.11 Å². The summed E-state index contributed by atoms with van der Waals surface area (Å²) >= 11 is 1.88. The van der Waals surface area contributed by atoms with Crippen LogP contribution in [0.5, 0.6) is 0 Å². The van der Waals surface area contributed by atoms with Gasteiger partial charge in [0.15, 0.2) is 11.4 Å². The summed E-state index contributed by atoms with van der Waals surface area (Å²) in [5.74, 6) is -3.29. The number of esters is 1. The van der Waals surface area contributed by atoms with E-state index in [0.29, 0.717) is 16.4 Å². The molecule has 0 atom stereocenters. The maximum atomic E-state index is 14.4. The van der Waals surface area contributed by atoms with Gasteiger partial charge < -0.3 is 4.74 Å². The number of alkyl halides is 3. The highest BCUT2D eigenvalue weighted by molar-refractivity contribution is 14.1. The smallest absolute Gasteiger partial charge is 0.357 e. The lowest BCUT2D eigenvalue weighted by Gasteiger charge is -2.44. The van der Waals surface area contributed by atoms with Crippen molar-refractivity contribution in [3.8, 4) is 0 Å². The van der Waals surface area contributed by atoms with Gasteiger partial charge in [-0.05, 0) is 40.8 Å². The maximum Gasteiger partial charge on any atom is 0.357 e. The number of methoxy groups -OCH3 is 1. The summed E-state index contributed by atoms with van der Waals surface area (Å²) in [6, 6.07) is 0. The minimum atomic E-state index is -2.67. The predicted molar refractivity (Wildman–Crippen MR) is 80.6 cm³/mol. The van der Waals surface area contributed by atoms with Crippen molar-refractivity contribution in [1.29, 1.82) is 0 Å². The average Bonchev–Trinajstić information content (AvgIpc) is 3.02. The topological polar surface area (TPSA) is 44.1 Å². The molecule has 0 saturated heterocycles. The van der Waals surface area contributed by atoms with E-state index in [1.807, 2.05) is 22.6 Å². The molecule has 122 valence electrons. The number of carbonyl (C=O) groups is 1. The van der Waals surface area contributed by atoms with Crippen LogP contribution in [0, 0.1) is 8.99 Å². The molecule has 22 heavy (non-hydrogen) atoms. The largest absolute Gasteiger partial charge is 0.464 e. The number of rotatable bonds is 4. The average molecular weight is 428 g/mol. The van der Waals surface area contributed by atoms with Crippen LogP contribution in [0.2, 0.25) is 0 Å². The van der Waals surface area contributed by atoms with E-state index in [1.165, 1.54) is 11.8 Å². The van der Waals surface area contributed by atoms with Crippen LogP contribution in [0.1, 0.15) is 48.8 Å². The van der Waals surface area contributed by atoms with Gasteiger partial charge in [-0.3, -0.25) is 4.68 Å². The highest BCUT2D eigenvalue weighted by Crippen LogP contribution is 2.54. The van der Waals surface area contributed by atoms with E-state index in [0.717, 1.165) is 0 Å². The Balaban J connectivity index is 1.94. The lowest BCUT2D eigenvalue weighted by molar-refractivity contribution is -0.160. The molecule has 0 spiro atoms. The second-order valence-corrected chi connectivity index (χ2v) is 7.72. The van der Waals surface area contributed by atoms with E-state index in [4.69, 9.17) is 4.74 Å². The second-order valence-electron chi connectivity index (χ2n) is 6.65. The van der Waals surface area contributed by atoms with Gasteiger partial charge >= 0.3 is 5.97 Å². The first kappa shape index (κ1) is 16.1. The molecule has 1 aromatic heterocycles. The van der Waals surface area contributed by atoms with Crippen molar-refractivity contribution in [1.82, 2.24) is 9.78 Å². The third-order valence-corrected chi connectivity index (χ3v) is 5.31. The molecule has 0 aliphatic heterocycles. The molecule has 3 rings (SSSR count). The Morgan fingerprint density at radius 1 is 1.36 bits per heavy atom. The molecule has 2 saturated carbocycles. The van der Waals surface area contributed by atoms with Crippen molar-refractivity contribution in [3.05, 3.63) is 15.0 Å². The number of nitrogens with zero attached hydrogens (tertiary/aromatic N) is 2. The summed E-state index contributed by atoms with van der Waals surface area (Å²) in [6.07, 6.45) is 0.228. The van der Waals surface area contributed by atoms with Crippen molar-refractivity contribution < 1.29 is 22.7 Å². The van der Waals surface area contributed by atoms with Crippen LogP contribution in [0.15, 0.2) is 0 Å². The second kappa shape index (κ2) is 4.85. The SMILES string of the molecule is COC(=O)c1c(I)c(C2(F)CC2)nn1CC1(C)CC(F)(F)C1. The van der Waals surface area contributed by atoms with E-state index in [-0.39, 0.29) is 30.8 Å². The maximum absolute atomic E-state index is 14.4. The Morgan fingerprint density at radius 2 is 1.95 bits per heavy atom. The Labute approximate surface area is 139 Å². The number of halogens is 4. The van der Waals surface area contributed by atoms with E-state index >= 15 is 0 Å². The molecule has 2 aliphatic carbocycles. The Kier molecular flexibility index (Phi) is 3.54. The van der Waals surface area contributed by atoms with Gasteiger partial charge in [0.05, 0.1) is 10.7 Å². The minimum absolute atomic E-state index is 0.151. The summed E-state index contributed by atoms with van der Waals surface area (Å²) in [4.78, 5) is 12.0. The fraction of sp³-hybridized carbons (Fsp3) is 0.714. The zero-order valence-electron chi connectivity index (χ0n) is 12.3. The Morgan fingerprint density at radius 3 is 2.41 bits per heavy atom. The highest BCUT2D eigenvalue weighted by Gasteiger charge is 2.55. The van der Waals surface area contributed by atoms with Gasteiger partial charge in [-0.15, -0.1) is 0 Å². The quantitative estimate of drug-likeness (QED) is 0.543. The van der Waals surface area contributed by atoms with Gasteiger partial charge in [-0.2, -0.15) is 5.10 Å². The lowest BCUT2D eigenvalue weighted by atomic mass is 9.67. The Bertz CT molecular complexity index is 632. The van der Waals surface area contributed by atoms with Crippen LogP contribution >= 0.6 is 22.6 Å². The molecular formula is C14H16F3IN2O2. The fourth-order valence-corrected chi connectivity index (χ4v) is 4.24. The van der Waals surface area contributed by atoms with Crippen LogP contribution in [0.4, 0.5) is 13.2 Å². The van der Waals surface area contributed by atoms with Gasteiger partial charge in [0, 0.05) is 19.4 Å². The normalized spacial score (nSPS) is 23.7. The van der Waals surface area contributed by atoms with Crippen LogP contribution in [0.25, 0.3) is 0 Å². The zero-order valence-corrected chi connectivity index (χ0v) is 14.4. The third kappa shape index (κ3) is 2.63. The molecule has 8 heteroatoms. The molecule has 2 fully saturated rings. The summed E-state index contributed by atoms with van der Waals surface area (Å²) in [5.41, 5.74) is -1.76. The molecule has 0 N–H and O–H groups in total. The molecule has 0 unspecified atom stereocenters. The van der Waals surface area contributed by atoms with Gasteiger partial charge in [-0.25, -0.2) is 18.0 Å². The van der Waals surface area contributed by atoms with Crippen molar-refractivity contribution in [2.24, 2.45) is 5.41 Å². The van der Waals surface area contributed by atoms with Crippen molar-refractivity contribution in [2.45, 2.75) is 50.7 Å². The minimum Gasteiger partial charge on any atom is -0.464 e. The number of ether oxygens (including phenoxy) is 1. The number of aromatic nitrogens is 2. The Hall–Kier alpha value is -0.800. The molecule has 1 heterocycles. The first-order valence-electron chi connectivity index (χ1n) is 7.01. The summed E-state index contributed by atoms with van der Waals surface area (Å²) in [5, 5.41) is 4.22. The zero-order chi connectivity index (χ0) is 16.3. The van der Waals surface area contributed by atoms with Gasteiger partial charge in [0.25, 0.3) is 0 Å². The predicted octanol–water partition coefficient (Wildman–Crippen LogP) is 3.67. The third-order valence-electron chi connectivity index (χ3n) is 4.29. The molecule has 0 radical (unpaired) electrons. The summed E-state index contributed by atoms with van der Waals surface area (Å²) in [6.45, 7) is 1.88. The van der Waals surface area contributed by atoms with Crippen molar-refractivity contribution >= 4 is 28.6 Å². The van der Waals surface area contributed by atoms with Gasteiger partial charge in [0.2, 0.25) is 5.92 Å². The summed E-state index contributed by atoms with van der Waals surface area (Å²) in [7, 11) is 1.23. The van der Waals surface area contributed by atoms with Gasteiger partial charge in [0.1, 0.15) is 5.69 Å². The number of hydrogen-bond donors (Lipinski definition) is 0. The van der Waals surface area contributed by atoms with Crippen LogP contribution in [-0.4, -0.2) is 28.8 Å². The number of carbonyl (C=O) groups excluding carboxylic acids is 1. The van der Waals surface area contributed by atoms with E-state index in [9.17, 15) is 18.0 Å². The highest BCUT2D eigenvalue weighted by atomic mass is 127. The standard InChI is InChI=1S/C14H16F3IN2O2/c1-12(5-14(16,17)6-12)7-20-9(11(21)22-2)8(18)10(19-20)13(15)3-4-13/h3-7H2,1-2H3. The first-order chi connectivity index (χ1) is 10.1. The summed E-state index contributed by atoms with van der Waals surface area (Å²) < 4.78 is 47.2. The van der Waals surface area contributed by atoms with Crippen molar-refractivity contribution in [3.63, 3.8) is 0 Å². The lowest BCUT2D eigenvalue weighted by Crippen LogP contribution is -2.47. The van der Waals surface area contributed by atoms with E-state index < -0.39 is 23.0 Å². The van der Waals surface area contributed by atoms with E-state index in [1.54, 1.807) is 6.92 Å². The molecule has 2 aliphatic rings. The van der Waals surface area contributed by atoms with E-state index in [2.05, 4.69) is 5.10 Å². The molecule has 4 nitrogen and oxygen atoms in total. The first-order valence-corrected chi connectivity index (χ1v) is 8.09. The monoisotopic (exact) mass is 428 g/mol. The molecule has 0 bridgehead atoms. The molecule has 0 aromatic carbocycles. The van der Waals surface area contributed by atoms with Gasteiger partial charge in [-0.1, -0.05) is 6.92 Å². The van der Waals surface area contributed by atoms with Crippen LogP contribution < -0.4 is 0 Å². The fourth-order valence-electron chi connectivity index (χ4n) is 3.15.